The van der Waals surface area contributed by atoms with E-state index in [1.165, 1.54) is 144 Å². The van der Waals surface area contributed by atoms with Gasteiger partial charge in [-0.15, -0.1) is 0 Å². The molecule has 0 saturated heterocycles. The zero-order valence-electron chi connectivity index (χ0n) is 79.9. The largest absolute Gasteiger partial charge is 0.309 e. The maximum atomic E-state index is 5.52. The van der Waals surface area contributed by atoms with Crippen LogP contribution in [-0.2, 0) is 103 Å². The van der Waals surface area contributed by atoms with E-state index < -0.39 is 0 Å². The van der Waals surface area contributed by atoms with Crippen LogP contribution in [0, 0.1) is 0 Å². The Morgan fingerprint density at radius 3 is 0.530 bits per heavy atom. The molecule has 14 aromatic carbocycles. The van der Waals surface area contributed by atoms with Crippen LogP contribution in [0.1, 0.15) is 200 Å². The molecule has 0 aliphatic heterocycles. The second-order valence-electron chi connectivity index (χ2n) is 35.7. The van der Waals surface area contributed by atoms with Gasteiger partial charge in [-0.1, -0.05) is 220 Å². The molecule has 0 amide bonds. The van der Waals surface area contributed by atoms with Crippen molar-refractivity contribution >= 4 is 188 Å². The topological polar surface area (TPSA) is 90.3 Å². The molecule has 0 saturated carbocycles. The molecule has 0 unspecified atom stereocenters. The van der Waals surface area contributed by atoms with E-state index in [0.29, 0.717) is 0 Å². The maximum Gasteiger partial charge on any atom is 0.0754 e. The number of benzene rings is 14. The summed E-state index contributed by atoms with van der Waals surface area (Å²) in [6.07, 6.45) is 24.1. The molecule has 658 valence electrons. The van der Waals surface area contributed by atoms with E-state index in [2.05, 4.69) is 337 Å². The van der Waals surface area contributed by atoms with Crippen molar-refractivity contribution in [1.29, 1.82) is 0 Å². The van der Waals surface area contributed by atoms with Crippen LogP contribution >= 0.6 is 0 Å². The zero-order valence-corrected chi connectivity index (χ0v) is 79.9. The molecule has 0 aliphatic carbocycles. The summed E-state index contributed by atoms with van der Waals surface area (Å²) >= 11 is 0. The fourth-order valence-electron chi connectivity index (χ4n) is 23.2. The first kappa shape index (κ1) is 86.3. The summed E-state index contributed by atoms with van der Waals surface area (Å²) in [5.41, 5.74) is 39.8. The quantitative estimate of drug-likeness (QED) is 0.0442. The average molecular weight is 1730 g/mol. The lowest BCUT2D eigenvalue weighted by molar-refractivity contribution is 1.03. The molecule has 0 aliphatic rings. The molecule has 0 fully saturated rings. The van der Waals surface area contributed by atoms with Crippen molar-refractivity contribution in [2.75, 3.05) is 19.6 Å². The second-order valence-corrected chi connectivity index (χ2v) is 35.7. The van der Waals surface area contributed by atoms with Gasteiger partial charge in [0, 0.05) is 135 Å². The van der Waals surface area contributed by atoms with Gasteiger partial charge >= 0.3 is 0 Å². The summed E-state index contributed by atoms with van der Waals surface area (Å²) < 4.78 is 0. The molecular formula is C122H120N10. The summed E-state index contributed by atoms with van der Waals surface area (Å²) in [6, 6.07) is 80.4. The normalized spacial score (nSPS) is 12.0. The van der Waals surface area contributed by atoms with E-state index in [4.69, 9.17) is 29.9 Å². The van der Waals surface area contributed by atoms with Crippen LogP contribution in [0.15, 0.2) is 243 Å². The van der Waals surface area contributed by atoms with Crippen molar-refractivity contribution in [3.63, 3.8) is 0 Å². The Kier molecular flexibility index (Phi) is 23.5. The number of hydrogen-bond donors (Lipinski definition) is 0. The minimum absolute atomic E-state index is 0.720. The number of aromatic nitrogens is 6. The van der Waals surface area contributed by atoms with E-state index >= 15 is 0 Å². The van der Waals surface area contributed by atoms with Crippen LogP contribution in [-0.4, -0.2) is 29.9 Å². The summed E-state index contributed by atoms with van der Waals surface area (Å²) in [5.74, 6) is 0. The van der Waals surface area contributed by atoms with Gasteiger partial charge in [-0.3, -0.25) is 29.9 Å². The monoisotopic (exact) mass is 1720 g/mol. The first-order valence-electron chi connectivity index (χ1n) is 49.3. The van der Waals surface area contributed by atoms with Crippen LogP contribution in [0.25, 0.3) is 119 Å². The van der Waals surface area contributed by atoms with E-state index in [1.54, 1.807) is 0 Å². The van der Waals surface area contributed by atoms with Gasteiger partial charge in [0.2, 0.25) is 0 Å². The Balaban J connectivity index is 1.12. The Morgan fingerprint density at radius 2 is 0.341 bits per heavy atom. The van der Waals surface area contributed by atoms with Gasteiger partial charge < -0.3 is 19.6 Å². The molecule has 20 aromatic rings. The van der Waals surface area contributed by atoms with Crippen molar-refractivity contribution in [3.05, 3.63) is 332 Å². The number of pyridine rings is 6. The Bertz CT molecular complexity index is 6670. The number of rotatable bonds is 28. The molecule has 10 heteroatoms. The predicted molar refractivity (Wildman–Crippen MR) is 566 cm³/mol. The highest BCUT2D eigenvalue weighted by molar-refractivity contribution is 6.34. The fourth-order valence-corrected chi connectivity index (χ4v) is 23.2. The maximum absolute atomic E-state index is 5.52. The van der Waals surface area contributed by atoms with Gasteiger partial charge in [-0.05, 0) is 277 Å². The highest BCUT2D eigenvalue weighted by Gasteiger charge is 2.39. The lowest BCUT2D eigenvalue weighted by atomic mass is 9.86. The van der Waals surface area contributed by atoms with E-state index in [-0.39, 0.29) is 0 Å². The van der Waals surface area contributed by atoms with Crippen LogP contribution in [0.5, 0.6) is 0 Å². The highest BCUT2D eigenvalue weighted by atomic mass is 15.2. The smallest absolute Gasteiger partial charge is 0.0754 e. The molecule has 20 rings (SSSR count). The molecule has 0 N–H and O–H groups in total. The predicted octanol–water partition coefficient (Wildman–Crippen LogP) is 33.1. The summed E-state index contributed by atoms with van der Waals surface area (Å²) in [5, 5.41) is 18.7. The van der Waals surface area contributed by atoms with Gasteiger partial charge in [0.15, 0.2) is 0 Å². The van der Waals surface area contributed by atoms with Gasteiger partial charge in [-0.2, -0.15) is 0 Å². The van der Waals surface area contributed by atoms with Gasteiger partial charge in [-0.25, -0.2) is 0 Å². The van der Waals surface area contributed by atoms with E-state index in [0.717, 1.165) is 235 Å². The SMILES string of the molecule is CCc1cc2ccccc2c(CC)c1N(c1c(CC)cc2cccnc2c1CC)c1cc(N(c2c(CC)cc3cccnc3c2CC)c2c(CC)cc3cccnc3c2CC)c2ccc3c(N(c4c(CC)cc5cccnc5c4CC)c4c(CC)cc5cccnc5c4CC)cc(N(c4c(CC)cc5ccccc5c4CC)c4c(CC)cc5cccnc5c4CC)c4ccc1c2c43. The minimum Gasteiger partial charge on any atom is -0.309 e. The molecule has 0 atom stereocenters. The van der Waals surface area contributed by atoms with Crippen LogP contribution in [0.2, 0.25) is 0 Å². The van der Waals surface area contributed by atoms with Crippen molar-refractivity contribution in [2.24, 2.45) is 0 Å². The summed E-state index contributed by atoms with van der Waals surface area (Å²) in [6.45, 7) is 37.9. The number of hydrogen-bond acceptors (Lipinski definition) is 10. The van der Waals surface area contributed by atoms with Crippen molar-refractivity contribution < 1.29 is 0 Å². The van der Waals surface area contributed by atoms with Crippen molar-refractivity contribution in [2.45, 2.75) is 214 Å². The number of anilines is 12. The molecule has 132 heavy (non-hydrogen) atoms. The Hall–Kier alpha value is -13.7. The molecule has 0 spiro atoms. The van der Waals surface area contributed by atoms with Gasteiger partial charge in [0.1, 0.15) is 0 Å². The lowest BCUT2D eigenvalue weighted by Crippen LogP contribution is -2.22. The van der Waals surface area contributed by atoms with Crippen molar-refractivity contribution in [3.8, 4) is 0 Å². The molecule has 6 aromatic heterocycles. The average Bonchev–Trinajstić information content (AvgIpc) is 0.685. The first-order chi connectivity index (χ1) is 64.8. The molecular weight excluding hydrogens is 1610 g/mol. The number of nitrogens with zero attached hydrogens (tertiary/aromatic N) is 10. The molecule has 6 heterocycles. The lowest BCUT2D eigenvalue weighted by Gasteiger charge is -2.39. The van der Waals surface area contributed by atoms with Crippen LogP contribution < -0.4 is 19.6 Å². The molecule has 10 nitrogen and oxygen atoms in total. The highest BCUT2D eigenvalue weighted by Crippen LogP contribution is 2.61. The van der Waals surface area contributed by atoms with Crippen LogP contribution in [0.3, 0.4) is 0 Å². The number of fused-ring (bicyclic) bond motifs is 8. The third-order valence-corrected chi connectivity index (χ3v) is 29.1. The number of aryl methyl sites for hydroxylation is 16. The third kappa shape index (κ3) is 13.7. The van der Waals surface area contributed by atoms with E-state index in [9.17, 15) is 0 Å². The first-order valence-corrected chi connectivity index (χ1v) is 49.3. The van der Waals surface area contributed by atoms with E-state index in [1.807, 2.05) is 37.2 Å². The standard InChI is InChI=1S/C122H120N10/c1-17-73-63-81-43-33-35-51-97(81)89(25-9)115(73)129(117-75(19-3)65-83-45-37-57-123-109(83)91(117)27-11)103-71-105(131(119-77(21-5)67-85-47-39-59-125-111(85)93(119)29-13)120-78(22-6)68-86-48-40-60-126-112(86)94(120)30-14)101-55-56-102-106(132(121-79(23-7)69-87-49-41-61-127-113(87)95(121)31-15)122-80(24-8)70-88-50-42-62-128-114(88)96(122)32-16)72-104(100-54-53-99(103)107(101)108(100)102)130(116-74(18-2)64-82-44-34-36-52-98(82)90(116)26-10)118-76(20-4)66-84-46-38-58-124-110(84)92(118)28-12/h33-72H,17-32H2,1-16H3. The Labute approximate surface area is 777 Å². The minimum atomic E-state index is 0.720. The zero-order chi connectivity index (χ0) is 91.0. The molecule has 0 radical (unpaired) electrons. The van der Waals surface area contributed by atoms with Crippen LogP contribution in [0.4, 0.5) is 68.2 Å². The second kappa shape index (κ2) is 35.9. The molecule has 0 bridgehead atoms. The van der Waals surface area contributed by atoms with Gasteiger partial charge in [0.25, 0.3) is 0 Å². The summed E-state index contributed by atoms with van der Waals surface area (Å²) in [7, 11) is 0. The third-order valence-electron chi connectivity index (χ3n) is 29.1. The van der Waals surface area contributed by atoms with Crippen molar-refractivity contribution in [1.82, 2.24) is 29.9 Å². The summed E-state index contributed by atoms with van der Waals surface area (Å²) in [4.78, 5) is 44.4. The fraction of sp³-hybridized carbons (Fsp3) is 0.262. The van der Waals surface area contributed by atoms with Gasteiger partial charge in [0.05, 0.1) is 101 Å². The Morgan fingerprint density at radius 1 is 0.167 bits per heavy atom.